The van der Waals surface area contributed by atoms with Gasteiger partial charge in [-0.1, -0.05) is 13.8 Å². The molecule has 0 aromatic carbocycles. The summed E-state index contributed by atoms with van der Waals surface area (Å²) in [5, 5.41) is 3.13. The number of sulfonamides is 1. The van der Waals surface area contributed by atoms with Crippen LogP contribution in [-0.2, 0) is 14.8 Å². The molecule has 0 saturated heterocycles. The van der Waals surface area contributed by atoms with Gasteiger partial charge in [0.15, 0.2) is 0 Å². The van der Waals surface area contributed by atoms with Crippen LogP contribution in [0, 0.1) is 0 Å². The summed E-state index contributed by atoms with van der Waals surface area (Å²) >= 11 is 0. The molecule has 1 saturated carbocycles. The van der Waals surface area contributed by atoms with Gasteiger partial charge in [-0.05, 0) is 12.8 Å². The topological polar surface area (TPSA) is 58.6 Å². The van der Waals surface area contributed by atoms with Crippen molar-refractivity contribution in [1.82, 2.24) is 9.62 Å². The maximum absolute atomic E-state index is 12.1. The number of methoxy groups -OCH3 is 1. The van der Waals surface area contributed by atoms with Gasteiger partial charge < -0.3 is 10.1 Å². The van der Waals surface area contributed by atoms with E-state index in [9.17, 15) is 8.42 Å². The number of ether oxygens (including phenoxy) is 1. The summed E-state index contributed by atoms with van der Waals surface area (Å²) in [6, 6.07) is 0.535. The van der Waals surface area contributed by atoms with Crippen LogP contribution in [0.3, 0.4) is 0 Å². The highest BCUT2D eigenvalue weighted by Crippen LogP contribution is 2.29. The van der Waals surface area contributed by atoms with Crippen LogP contribution < -0.4 is 5.32 Å². The van der Waals surface area contributed by atoms with Crippen LogP contribution in [0.5, 0.6) is 0 Å². The van der Waals surface area contributed by atoms with Gasteiger partial charge in [0, 0.05) is 32.3 Å². The Morgan fingerprint density at radius 3 is 2.53 bits per heavy atom. The molecule has 1 N–H and O–H groups in total. The molecule has 0 spiro atoms. The standard InChI is InChI=1S/C11H24N2O3S/c1-10(2)12-6-9-17(14,15)13(7-8-16-3)11-4-5-11/h10-12H,4-9H2,1-3H3. The third-order valence-electron chi connectivity index (χ3n) is 2.74. The fourth-order valence-electron chi connectivity index (χ4n) is 1.69. The lowest BCUT2D eigenvalue weighted by Crippen LogP contribution is -2.40. The van der Waals surface area contributed by atoms with Crippen LogP contribution >= 0.6 is 0 Å². The molecule has 0 aromatic heterocycles. The van der Waals surface area contributed by atoms with Crippen molar-refractivity contribution in [2.75, 3.05) is 32.6 Å². The van der Waals surface area contributed by atoms with Crippen molar-refractivity contribution in [3.8, 4) is 0 Å². The molecular weight excluding hydrogens is 240 g/mol. The first-order valence-corrected chi connectivity index (χ1v) is 7.80. The van der Waals surface area contributed by atoms with E-state index in [0.717, 1.165) is 12.8 Å². The minimum Gasteiger partial charge on any atom is -0.383 e. The molecule has 1 fully saturated rings. The van der Waals surface area contributed by atoms with E-state index in [2.05, 4.69) is 5.32 Å². The van der Waals surface area contributed by atoms with Crippen LogP contribution in [-0.4, -0.2) is 57.4 Å². The van der Waals surface area contributed by atoms with Crippen molar-refractivity contribution in [3.05, 3.63) is 0 Å². The highest BCUT2D eigenvalue weighted by molar-refractivity contribution is 7.89. The first kappa shape index (κ1) is 14.9. The summed E-state index contributed by atoms with van der Waals surface area (Å²) in [6.45, 7) is 5.47. The summed E-state index contributed by atoms with van der Waals surface area (Å²) in [7, 11) is -1.54. The first-order chi connectivity index (χ1) is 7.97. The second-order valence-corrected chi connectivity index (χ2v) is 6.80. The van der Waals surface area contributed by atoms with Gasteiger partial charge in [-0.3, -0.25) is 0 Å². The molecule has 102 valence electrons. The smallest absolute Gasteiger partial charge is 0.215 e. The van der Waals surface area contributed by atoms with E-state index in [0.29, 0.717) is 25.7 Å². The van der Waals surface area contributed by atoms with E-state index < -0.39 is 10.0 Å². The van der Waals surface area contributed by atoms with E-state index in [1.807, 2.05) is 13.8 Å². The van der Waals surface area contributed by atoms with Gasteiger partial charge in [-0.2, -0.15) is 4.31 Å². The quantitative estimate of drug-likeness (QED) is 0.656. The van der Waals surface area contributed by atoms with Gasteiger partial charge in [-0.15, -0.1) is 0 Å². The summed E-state index contributed by atoms with van der Waals surface area (Å²) < 4.78 is 30.8. The summed E-state index contributed by atoms with van der Waals surface area (Å²) in [5.41, 5.74) is 0. The molecule has 17 heavy (non-hydrogen) atoms. The Labute approximate surface area is 105 Å². The minimum atomic E-state index is -3.14. The lowest BCUT2D eigenvalue weighted by Gasteiger charge is -2.21. The Kier molecular flexibility index (Phi) is 5.85. The lowest BCUT2D eigenvalue weighted by atomic mass is 10.4. The van der Waals surface area contributed by atoms with Crippen molar-refractivity contribution in [2.24, 2.45) is 0 Å². The van der Waals surface area contributed by atoms with Gasteiger partial charge >= 0.3 is 0 Å². The Morgan fingerprint density at radius 1 is 1.41 bits per heavy atom. The van der Waals surface area contributed by atoms with Gasteiger partial charge in [0.25, 0.3) is 0 Å². The average molecular weight is 264 g/mol. The summed E-state index contributed by atoms with van der Waals surface area (Å²) in [5.74, 6) is 0.172. The summed E-state index contributed by atoms with van der Waals surface area (Å²) in [6.07, 6.45) is 1.97. The average Bonchev–Trinajstić information content (AvgIpc) is 3.01. The Hall–Kier alpha value is -0.170. The second kappa shape index (κ2) is 6.68. The van der Waals surface area contributed by atoms with Crippen molar-refractivity contribution in [3.63, 3.8) is 0 Å². The number of hydrogen-bond donors (Lipinski definition) is 1. The van der Waals surface area contributed by atoms with Crippen LogP contribution in [0.1, 0.15) is 26.7 Å². The number of nitrogens with one attached hydrogen (secondary N) is 1. The Morgan fingerprint density at radius 2 is 2.06 bits per heavy atom. The maximum Gasteiger partial charge on any atom is 0.215 e. The fraction of sp³-hybridized carbons (Fsp3) is 1.00. The van der Waals surface area contributed by atoms with Crippen molar-refractivity contribution < 1.29 is 13.2 Å². The molecule has 0 aromatic rings. The predicted octanol–water partition coefficient (Wildman–Crippen LogP) is 0.425. The van der Waals surface area contributed by atoms with E-state index in [-0.39, 0.29) is 11.8 Å². The Balaban J connectivity index is 2.46. The van der Waals surface area contributed by atoms with E-state index >= 15 is 0 Å². The molecule has 0 amide bonds. The molecular formula is C11H24N2O3S. The molecule has 0 unspecified atom stereocenters. The highest BCUT2D eigenvalue weighted by atomic mass is 32.2. The van der Waals surface area contributed by atoms with E-state index in [4.69, 9.17) is 4.74 Å². The van der Waals surface area contributed by atoms with Gasteiger partial charge in [0.05, 0.1) is 12.4 Å². The van der Waals surface area contributed by atoms with E-state index in [1.165, 1.54) is 0 Å². The fourth-order valence-corrected chi connectivity index (χ4v) is 3.31. The van der Waals surface area contributed by atoms with Gasteiger partial charge in [-0.25, -0.2) is 8.42 Å². The highest BCUT2D eigenvalue weighted by Gasteiger charge is 2.36. The first-order valence-electron chi connectivity index (χ1n) is 6.19. The SMILES string of the molecule is COCCN(C1CC1)S(=O)(=O)CCNC(C)C. The monoisotopic (exact) mass is 264 g/mol. The van der Waals surface area contributed by atoms with Crippen LogP contribution in [0.2, 0.25) is 0 Å². The zero-order valence-corrected chi connectivity index (χ0v) is 11.8. The molecule has 0 atom stereocenters. The largest absolute Gasteiger partial charge is 0.383 e. The Bertz CT molecular complexity index is 313. The van der Waals surface area contributed by atoms with Crippen molar-refractivity contribution in [1.29, 1.82) is 0 Å². The number of hydrogen-bond acceptors (Lipinski definition) is 4. The molecule has 5 nitrogen and oxygen atoms in total. The molecule has 0 bridgehead atoms. The van der Waals surface area contributed by atoms with Crippen molar-refractivity contribution in [2.45, 2.75) is 38.8 Å². The molecule has 6 heteroatoms. The number of rotatable bonds is 9. The third-order valence-corrected chi connectivity index (χ3v) is 4.66. The number of nitrogens with zero attached hydrogens (tertiary/aromatic N) is 1. The van der Waals surface area contributed by atoms with Gasteiger partial charge in [0.2, 0.25) is 10.0 Å². The van der Waals surface area contributed by atoms with Crippen LogP contribution in [0.25, 0.3) is 0 Å². The van der Waals surface area contributed by atoms with Gasteiger partial charge in [0.1, 0.15) is 0 Å². The molecule has 0 heterocycles. The molecule has 0 aliphatic heterocycles. The normalized spacial score (nSPS) is 17.0. The van der Waals surface area contributed by atoms with E-state index in [1.54, 1.807) is 11.4 Å². The summed E-state index contributed by atoms with van der Waals surface area (Å²) in [4.78, 5) is 0. The lowest BCUT2D eigenvalue weighted by molar-refractivity contribution is 0.177. The third kappa shape index (κ3) is 5.33. The van der Waals surface area contributed by atoms with Crippen molar-refractivity contribution >= 4 is 10.0 Å². The predicted molar refractivity (Wildman–Crippen MR) is 68.5 cm³/mol. The maximum atomic E-state index is 12.1. The molecule has 0 radical (unpaired) electrons. The zero-order valence-electron chi connectivity index (χ0n) is 11.0. The zero-order chi connectivity index (χ0) is 12.9. The van der Waals surface area contributed by atoms with Crippen LogP contribution in [0.15, 0.2) is 0 Å². The van der Waals surface area contributed by atoms with Crippen LogP contribution in [0.4, 0.5) is 0 Å². The molecule has 1 rings (SSSR count). The second-order valence-electron chi connectivity index (χ2n) is 4.76. The molecule has 1 aliphatic rings. The molecule has 1 aliphatic carbocycles. The minimum absolute atomic E-state index is 0.172.